The van der Waals surface area contributed by atoms with Gasteiger partial charge in [-0.2, -0.15) is 0 Å². The number of hydrogen-bond acceptors (Lipinski definition) is 4. The molecule has 0 spiro atoms. The topological polar surface area (TPSA) is 65.2 Å². The number of halogens is 2. The van der Waals surface area contributed by atoms with Gasteiger partial charge in [-0.1, -0.05) is 5.16 Å². The first-order valence-corrected chi connectivity index (χ1v) is 6.25. The lowest BCUT2D eigenvalue weighted by molar-refractivity contribution is 0.434. The average molecular weight is 290 g/mol. The van der Waals surface area contributed by atoms with Gasteiger partial charge in [-0.3, -0.25) is 0 Å². The third-order valence-electron chi connectivity index (χ3n) is 3.20. The van der Waals surface area contributed by atoms with Crippen molar-refractivity contribution in [2.45, 2.75) is 13.8 Å². The number of nitrogens with zero attached hydrogens (tertiary/aromatic N) is 1. The number of rotatable bonds is 2. The van der Waals surface area contributed by atoms with Gasteiger partial charge in [0.2, 0.25) is 0 Å². The van der Waals surface area contributed by atoms with Crippen LogP contribution in [0.15, 0.2) is 33.2 Å². The van der Waals surface area contributed by atoms with E-state index in [4.69, 9.17) is 14.7 Å². The van der Waals surface area contributed by atoms with Crippen LogP contribution in [0.4, 0.5) is 14.6 Å². The van der Waals surface area contributed by atoms with E-state index in [0.717, 1.165) is 12.1 Å². The van der Waals surface area contributed by atoms with Crippen LogP contribution in [-0.2, 0) is 0 Å². The molecule has 0 aliphatic carbocycles. The molecule has 4 nitrogen and oxygen atoms in total. The summed E-state index contributed by atoms with van der Waals surface area (Å²) in [7, 11) is 0. The number of hydrogen-bond donors (Lipinski definition) is 1. The molecule has 0 saturated carbocycles. The molecule has 6 heteroatoms. The molecule has 0 unspecified atom stereocenters. The molecular formula is C15H12F2N2O2. The molecular weight excluding hydrogens is 278 g/mol. The summed E-state index contributed by atoms with van der Waals surface area (Å²) in [6.07, 6.45) is 0. The van der Waals surface area contributed by atoms with E-state index >= 15 is 0 Å². The highest BCUT2D eigenvalue weighted by atomic mass is 19.1. The van der Waals surface area contributed by atoms with Crippen molar-refractivity contribution >= 4 is 5.82 Å². The van der Waals surface area contributed by atoms with Crippen LogP contribution in [0, 0.1) is 25.5 Å². The molecule has 0 fully saturated rings. The Morgan fingerprint density at radius 3 is 2.48 bits per heavy atom. The van der Waals surface area contributed by atoms with Gasteiger partial charge < -0.3 is 14.7 Å². The van der Waals surface area contributed by atoms with E-state index in [2.05, 4.69) is 5.16 Å². The first-order valence-electron chi connectivity index (χ1n) is 6.25. The molecule has 0 bridgehead atoms. The first-order chi connectivity index (χ1) is 9.97. The molecule has 1 aromatic carbocycles. The fourth-order valence-electron chi connectivity index (χ4n) is 2.30. The third kappa shape index (κ3) is 2.18. The summed E-state index contributed by atoms with van der Waals surface area (Å²) in [4.78, 5) is 0. The molecule has 0 saturated heterocycles. The monoisotopic (exact) mass is 290 g/mol. The van der Waals surface area contributed by atoms with Crippen molar-refractivity contribution in [2.75, 3.05) is 5.73 Å². The number of aromatic nitrogens is 1. The predicted molar refractivity (Wildman–Crippen MR) is 73.4 cm³/mol. The predicted octanol–water partition coefficient (Wildman–Crippen LogP) is 4.08. The maximum Gasteiger partial charge on any atom is 0.180 e. The molecule has 2 N–H and O–H groups in total. The summed E-state index contributed by atoms with van der Waals surface area (Å²) in [5, 5.41) is 3.68. The molecule has 0 aliphatic heterocycles. The van der Waals surface area contributed by atoms with Gasteiger partial charge in [0.15, 0.2) is 11.6 Å². The zero-order chi connectivity index (χ0) is 15.1. The highest BCUT2D eigenvalue weighted by Crippen LogP contribution is 2.39. The summed E-state index contributed by atoms with van der Waals surface area (Å²) in [5.74, 6) is 0.226. The zero-order valence-electron chi connectivity index (χ0n) is 11.4. The van der Waals surface area contributed by atoms with Gasteiger partial charge >= 0.3 is 0 Å². The molecule has 0 atom stereocenters. The Bertz CT molecular complexity index is 821. The number of furan rings is 1. The number of benzene rings is 1. The van der Waals surface area contributed by atoms with Crippen molar-refractivity contribution in [1.29, 1.82) is 0 Å². The van der Waals surface area contributed by atoms with E-state index in [1.807, 2.05) is 0 Å². The summed E-state index contributed by atoms with van der Waals surface area (Å²) in [6, 6.07) is 5.00. The Balaban J connectivity index is 2.24. The van der Waals surface area contributed by atoms with Crippen LogP contribution in [0.3, 0.4) is 0 Å². The van der Waals surface area contributed by atoms with Crippen LogP contribution >= 0.6 is 0 Å². The van der Waals surface area contributed by atoms with E-state index in [-0.39, 0.29) is 16.9 Å². The van der Waals surface area contributed by atoms with Gasteiger partial charge in [-0.25, -0.2) is 8.78 Å². The Morgan fingerprint density at radius 1 is 1.10 bits per heavy atom. The first kappa shape index (κ1) is 13.4. The lowest BCUT2D eigenvalue weighted by atomic mass is 10.0. The Hall–Kier alpha value is -2.63. The molecule has 0 radical (unpaired) electrons. The number of nitrogens with two attached hydrogens (primary N) is 1. The third-order valence-corrected chi connectivity index (χ3v) is 3.20. The summed E-state index contributed by atoms with van der Waals surface area (Å²) in [5.41, 5.74) is 6.83. The van der Waals surface area contributed by atoms with Crippen molar-refractivity contribution in [1.82, 2.24) is 5.16 Å². The fraction of sp³-hybridized carbons (Fsp3) is 0.133. The van der Waals surface area contributed by atoms with E-state index in [1.165, 1.54) is 6.07 Å². The molecule has 2 heterocycles. The molecule has 3 rings (SSSR count). The van der Waals surface area contributed by atoms with Crippen molar-refractivity contribution in [3.8, 4) is 22.5 Å². The van der Waals surface area contributed by atoms with E-state index in [9.17, 15) is 8.78 Å². The van der Waals surface area contributed by atoms with Gasteiger partial charge in [0, 0.05) is 11.6 Å². The van der Waals surface area contributed by atoms with E-state index < -0.39 is 11.6 Å². The summed E-state index contributed by atoms with van der Waals surface area (Å²) in [6.45, 7) is 3.54. The van der Waals surface area contributed by atoms with Crippen LogP contribution in [0.25, 0.3) is 22.5 Å². The van der Waals surface area contributed by atoms with Gasteiger partial charge in [-0.05, 0) is 32.0 Å². The molecule has 0 aliphatic rings. The van der Waals surface area contributed by atoms with Gasteiger partial charge in [0.25, 0.3) is 0 Å². The van der Waals surface area contributed by atoms with Gasteiger partial charge in [-0.15, -0.1) is 0 Å². The molecule has 0 amide bonds. The van der Waals surface area contributed by atoms with Gasteiger partial charge in [0.05, 0.1) is 11.1 Å². The SMILES string of the molecule is Cc1cc(-c2onc(N)c2-c2ccc(F)cc2F)c(C)o1. The minimum atomic E-state index is -0.732. The summed E-state index contributed by atoms with van der Waals surface area (Å²) < 4.78 is 37.7. The quantitative estimate of drug-likeness (QED) is 0.772. The molecule has 21 heavy (non-hydrogen) atoms. The van der Waals surface area contributed by atoms with Crippen LogP contribution in [-0.4, -0.2) is 5.16 Å². The minimum absolute atomic E-state index is 0.0359. The largest absolute Gasteiger partial charge is 0.466 e. The van der Waals surface area contributed by atoms with E-state index in [1.54, 1.807) is 19.9 Å². The molecule has 2 aromatic heterocycles. The van der Waals surface area contributed by atoms with Crippen LogP contribution < -0.4 is 5.73 Å². The Morgan fingerprint density at radius 2 is 1.86 bits per heavy atom. The second kappa shape index (κ2) is 4.73. The highest BCUT2D eigenvalue weighted by molar-refractivity contribution is 5.87. The normalized spacial score (nSPS) is 11.0. The maximum atomic E-state index is 14.0. The van der Waals surface area contributed by atoms with Gasteiger partial charge in [0.1, 0.15) is 23.2 Å². The second-order valence-electron chi connectivity index (χ2n) is 4.72. The Labute approximate surface area is 119 Å². The van der Waals surface area contributed by atoms with Crippen molar-refractivity contribution in [3.63, 3.8) is 0 Å². The average Bonchev–Trinajstić information content (AvgIpc) is 2.93. The lowest BCUT2D eigenvalue weighted by Crippen LogP contribution is -1.92. The summed E-state index contributed by atoms with van der Waals surface area (Å²) >= 11 is 0. The van der Waals surface area contributed by atoms with Crippen molar-refractivity contribution in [2.24, 2.45) is 0 Å². The highest BCUT2D eigenvalue weighted by Gasteiger charge is 2.23. The fourth-order valence-corrected chi connectivity index (χ4v) is 2.30. The van der Waals surface area contributed by atoms with Crippen molar-refractivity contribution in [3.05, 3.63) is 47.4 Å². The standard InChI is InChI=1S/C15H12F2N2O2/c1-7-5-11(8(2)20-7)14-13(15(18)19-21-14)10-4-3-9(16)6-12(10)17/h3-6H,1-2H3,(H2,18,19). The zero-order valence-corrected chi connectivity index (χ0v) is 11.4. The maximum absolute atomic E-state index is 14.0. The molecule has 108 valence electrons. The number of nitrogen functional groups attached to an aromatic ring is 1. The second-order valence-corrected chi connectivity index (χ2v) is 4.72. The van der Waals surface area contributed by atoms with Crippen molar-refractivity contribution < 1.29 is 17.7 Å². The number of aryl methyl sites for hydroxylation is 2. The smallest absolute Gasteiger partial charge is 0.180 e. The lowest BCUT2D eigenvalue weighted by Gasteiger charge is -2.03. The molecule has 3 aromatic rings. The Kier molecular flexibility index (Phi) is 3.01. The minimum Gasteiger partial charge on any atom is -0.466 e. The number of anilines is 1. The van der Waals surface area contributed by atoms with Crippen LogP contribution in [0.5, 0.6) is 0 Å². The van der Waals surface area contributed by atoms with Crippen LogP contribution in [0.1, 0.15) is 11.5 Å². The van der Waals surface area contributed by atoms with Crippen LogP contribution in [0.2, 0.25) is 0 Å². The van der Waals surface area contributed by atoms with E-state index in [0.29, 0.717) is 22.8 Å².